The van der Waals surface area contributed by atoms with Gasteiger partial charge in [0.25, 0.3) is 11.8 Å². The molecule has 1 aliphatic heterocycles. The van der Waals surface area contributed by atoms with E-state index < -0.39 is 95.0 Å². The number of carbonyl (C=O) groups is 2. The third kappa shape index (κ3) is 7.38. The maximum Gasteiger partial charge on any atom is 0.417 e. The van der Waals surface area contributed by atoms with Gasteiger partial charge in [0.15, 0.2) is 5.01 Å². The number of thiazole rings is 1. The molecule has 0 spiro atoms. The van der Waals surface area contributed by atoms with Crippen LogP contribution in [-0.2, 0) is 6.18 Å². The van der Waals surface area contributed by atoms with E-state index in [1.807, 2.05) is 10.6 Å². The Balaban J connectivity index is 2.13. The summed E-state index contributed by atoms with van der Waals surface area (Å²) in [6.45, 7) is -5.28. The number of aromatic nitrogens is 2. The van der Waals surface area contributed by atoms with Gasteiger partial charge in [0.05, 0.1) is 16.0 Å². The normalized spacial score (nSPS) is 20.2. The Morgan fingerprint density at radius 2 is 1.97 bits per heavy atom. The number of nitrogens with one attached hydrogen (secondary N) is 2. The number of pyridine rings is 1. The molecule has 2 aromatic heterocycles. The maximum atomic E-state index is 14.3. The molecule has 15 heteroatoms. The Morgan fingerprint density at radius 3 is 2.51 bits per heavy atom. The van der Waals surface area contributed by atoms with Gasteiger partial charge < -0.3 is 20.6 Å². The van der Waals surface area contributed by atoms with Gasteiger partial charge >= 0.3 is 12.4 Å². The Labute approximate surface area is 233 Å². The van der Waals surface area contributed by atoms with E-state index in [1.165, 1.54) is 11.8 Å². The van der Waals surface area contributed by atoms with Gasteiger partial charge in [0.1, 0.15) is 17.6 Å². The summed E-state index contributed by atoms with van der Waals surface area (Å²) in [5.74, 6) is -2.92. The van der Waals surface area contributed by atoms with Gasteiger partial charge in [-0.05, 0) is 46.0 Å². The van der Waals surface area contributed by atoms with Crippen molar-refractivity contribution in [1.82, 2.24) is 20.2 Å². The molecule has 39 heavy (non-hydrogen) atoms. The minimum absolute atomic E-state index is 0.214. The van der Waals surface area contributed by atoms with E-state index >= 15 is 0 Å². The van der Waals surface area contributed by atoms with Crippen LogP contribution in [0.5, 0.6) is 0 Å². The topological polar surface area (TPSA) is 107 Å². The summed E-state index contributed by atoms with van der Waals surface area (Å²) in [4.78, 5) is 34.9. The molecule has 2 atom stereocenters. The van der Waals surface area contributed by atoms with Gasteiger partial charge in [-0.15, -0.1) is 11.3 Å². The second-order valence-corrected chi connectivity index (χ2v) is 9.99. The highest BCUT2D eigenvalue weighted by Gasteiger charge is 2.41. The first-order chi connectivity index (χ1) is 20.4. The number of nitrogens with zero attached hydrogens (tertiary/aromatic N) is 3. The molecule has 0 bridgehead atoms. The molecule has 3 N–H and O–H groups in total. The number of carbonyl (C=O) groups excluding carboxylic acids is 2. The number of halogens is 6. The zero-order valence-corrected chi connectivity index (χ0v) is 21.4. The molecule has 1 saturated heterocycles. The van der Waals surface area contributed by atoms with Crippen molar-refractivity contribution < 1.29 is 49.3 Å². The summed E-state index contributed by atoms with van der Waals surface area (Å²) in [5.41, 5.74) is -6.30. The standard InChI is InChI=1S/C24H29F6N5O3S/c1-5-15(24(28,29)30)33-16-9-14(23(25,26)27)13(10-31-16)18-17(21(37)35-8-6-7-12(35)2)34-20(39-18)19(36)32-11-22(3,4)38/h9-10,12,15,38H,5-8,11H2,1-4H3,(H,31,33)(H,32,36)/t12-,15?/m0/s1/i3D3,4D3. The molecule has 3 heterocycles. The van der Waals surface area contributed by atoms with Gasteiger partial charge in [0, 0.05) is 39.1 Å². The van der Waals surface area contributed by atoms with Crippen molar-refractivity contribution in [3.05, 3.63) is 28.5 Å². The molecule has 0 saturated carbocycles. The summed E-state index contributed by atoms with van der Waals surface area (Å²) in [6.07, 6.45) is -8.78. The molecule has 0 aliphatic carbocycles. The van der Waals surface area contributed by atoms with Gasteiger partial charge in [0.2, 0.25) is 0 Å². The van der Waals surface area contributed by atoms with E-state index in [-0.39, 0.29) is 23.9 Å². The number of alkyl halides is 6. The van der Waals surface area contributed by atoms with E-state index in [0.717, 1.165) is 0 Å². The Kier molecular flexibility index (Phi) is 6.60. The monoisotopic (exact) mass is 587 g/mol. The summed E-state index contributed by atoms with van der Waals surface area (Å²) in [6, 6.07) is -2.23. The molecule has 1 aliphatic rings. The van der Waals surface area contributed by atoms with E-state index in [9.17, 15) is 41.0 Å². The fraction of sp³-hybridized carbons (Fsp3) is 0.583. The molecule has 216 valence electrons. The van der Waals surface area contributed by atoms with Crippen LogP contribution in [0.1, 0.15) is 80.9 Å². The second kappa shape index (κ2) is 11.3. The van der Waals surface area contributed by atoms with E-state index in [0.29, 0.717) is 25.1 Å². The Morgan fingerprint density at radius 1 is 1.28 bits per heavy atom. The van der Waals surface area contributed by atoms with Crippen molar-refractivity contribution in [2.45, 2.75) is 76.9 Å². The summed E-state index contributed by atoms with van der Waals surface area (Å²) >= 11 is 0.259. The average molecular weight is 588 g/mol. The highest BCUT2D eigenvalue weighted by atomic mass is 32.1. The summed E-state index contributed by atoms with van der Waals surface area (Å²) in [5, 5.41) is 13.6. The SMILES string of the molecule is [2H]C([2H])([2H])C(O)(CNC(=O)c1nc(C(=O)N2CCC[C@@H]2C)c(-c2cnc(NC(CC)C(F)(F)F)cc2C(F)(F)F)s1)C([2H])([2H])[2H]. The van der Waals surface area contributed by atoms with Crippen molar-refractivity contribution >= 4 is 29.0 Å². The highest BCUT2D eigenvalue weighted by molar-refractivity contribution is 7.17. The van der Waals surface area contributed by atoms with Crippen LogP contribution in [0.15, 0.2) is 12.3 Å². The third-order valence-corrected chi connectivity index (χ3v) is 7.01. The Bertz CT molecular complexity index is 1400. The molecular weight excluding hydrogens is 552 g/mol. The van der Waals surface area contributed by atoms with Crippen molar-refractivity contribution in [3.8, 4) is 10.4 Å². The number of aliphatic hydroxyl groups is 1. The lowest BCUT2D eigenvalue weighted by Crippen LogP contribution is -2.38. The molecule has 2 amide bonds. The highest BCUT2D eigenvalue weighted by Crippen LogP contribution is 2.42. The van der Waals surface area contributed by atoms with Crippen molar-refractivity contribution in [3.63, 3.8) is 0 Å². The smallest absolute Gasteiger partial charge is 0.389 e. The van der Waals surface area contributed by atoms with Crippen molar-refractivity contribution in [1.29, 1.82) is 0 Å². The lowest BCUT2D eigenvalue weighted by atomic mass is 10.1. The molecule has 1 fully saturated rings. The second-order valence-electron chi connectivity index (χ2n) is 8.99. The predicted octanol–water partition coefficient (Wildman–Crippen LogP) is 5.10. The van der Waals surface area contributed by atoms with Gasteiger partial charge in [-0.1, -0.05) is 6.92 Å². The fourth-order valence-corrected chi connectivity index (χ4v) is 4.94. The number of amides is 2. The number of anilines is 1. The molecule has 3 rings (SSSR count). The van der Waals surface area contributed by atoms with Crippen LogP contribution in [0.3, 0.4) is 0 Å². The van der Waals surface area contributed by atoms with E-state index in [2.05, 4.69) is 9.97 Å². The molecule has 0 aromatic carbocycles. The first-order valence-electron chi connectivity index (χ1n) is 14.7. The lowest BCUT2D eigenvalue weighted by molar-refractivity contribution is -0.142. The number of likely N-dealkylation sites (tertiary alicyclic amines) is 1. The largest absolute Gasteiger partial charge is 0.417 e. The van der Waals surface area contributed by atoms with E-state index in [1.54, 1.807) is 6.92 Å². The predicted molar refractivity (Wildman–Crippen MR) is 132 cm³/mol. The van der Waals surface area contributed by atoms with Gasteiger partial charge in [-0.3, -0.25) is 9.59 Å². The molecule has 0 radical (unpaired) electrons. The quantitative estimate of drug-likeness (QED) is 0.371. The number of rotatable bonds is 8. The molecule has 2 aromatic rings. The average Bonchev–Trinajstić information content (AvgIpc) is 3.54. The Hall–Kier alpha value is -2.94. The number of hydrogen-bond acceptors (Lipinski definition) is 7. The van der Waals surface area contributed by atoms with Crippen molar-refractivity contribution in [2.75, 3.05) is 18.4 Å². The van der Waals surface area contributed by atoms with Crippen LogP contribution in [0.25, 0.3) is 10.4 Å². The minimum Gasteiger partial charge on any atom is -0.389 e. The first-order valence-corrected chi connectivity index (χ1v) is 12.5. The van der Waals surface area contributed by atoms with Crippen LogP contribution >= 0.6 is 11.3 Å². The van der Waals surface area contributed by atoms with Crippen LogP contribution in [0, 0.1) is 0 Å². The van der Waals surface area contributed by atoms with Gasteiger partial charge in [-0.25, -0.2) is 9.97 Å². The van der Waals surface area contributed by atoms with Crippen molar-refractivity contribution in [2.24, 2.45) is 0 Å². The maximum absolute atomic E-state index is 14.3. The number of hydrogen-bond donors (Lipinski definition) is 3. The first kappa shape index (κ1) is 22.8. The molecule has 8 nitrogen and oxygen atoms in total. The zero-order valence-electron chi connectivity index (χ0n) is 26.6. The molecular formula is C24H29F6N5O3S. The summed E-state index contributed by atoms with van der Waals surface area (Å²) < 4.78 is 127. The van der Waals surface area contributed by atoms with Crippen LogP contribution in [0.2, 0.25) is 0 Å². The van der Waals surface area contributed by atoms with E-state index in [4.69, 9.17) is 8.22 Å². The van der Waals surface area contributed by atoms with Gasteiger partial charge in [-0.2, -0.15) is 26.3 Å². The summed E-state index contributed by atoms with van der Waals surface area (Å²) in [7, 11) is 0. The fourth-order valence-electron chi connectivity index (χ4n) is 3.94. The van der Waals surface area contributed by atoms with Crippen LogP contribution in [0.4, 0.5) is 32.2 Å². The zero-order chi connectivity index (χ0) is 34.3. The third-order valence-electron chi connectivity index (χ3n) is 5.92. The van der Waals surface area contributed by atoms with Crippen LogP contribution in [-0.4, -0.2) is 68.7 Å². The molecule has 1 unspecified atom stereocenters. The minimum atomic E-state index is -5.18. The van der Waals surface area contributed by atoms with Crippen LogP contribution < -0.4 is 10.6 Å². The lowest BCUT2D eigenvalue weighted by Gasteiger charge is -2.22.